The van der Waals surface area contributed by atoms with Gasteiger partial charge < -0.3 is 20.7 Å². The Hall–Kier alpha value is -2.86. The first kappa shape index (κ1) is 18.5. The lowest BCUT2D eigenvalue weighted by Crippen LogP contribution is -2.48. The second-order valence-corrected chi connectivity index (χ2v) is 7.69. The summed E-state index contributed by atoms with van der Waals surface area (Å²) in [6, 6.07) is 15.2. The van der Waals surface area contributed by atoms with Gasteiger partial charge in [-0.05, 0) is 74.2 Å². The maximum Gasteiger partial charge on any atom is 0.253 e. The molecular formula is C22H25N3O3. The van der Waals surface area contributed by atoms with E-state index in [9.17, 15) is 9.59 Å². The summed E-state index contributed by atoms with van der Waals surface area (Å²) in [4.78, 5) is 25.9. The average Bonchev–Trinajstić information content (AvgIpc) is 3.05. The first-order valence-corrected chi connectivity index (χ1v) is 9.70. The van der Waals surface area contributed by atoms with Gasteiger partial charge in [0.15, 0.2) is 0 Å². The number of ether oxygens (including phenoxy) is 1. The zero-order valence-corrected chi connectivity index (χ0v) is 15.9. The molecule has 146 valence electrons. The van der Waals surface area contributed by atoms with Crippen LogP contribution in [0.5, 0.6) is 11.5 Å². The van der Waals surface area contributed by atoms with Gasteiger partial charge in [0, 0.05) is 36.3 Å². The smallest absolute Gasteiger partial charge is 0.253 e. The van der Waals surface area contributed by atoms with Crippen LogP contribution in [0.3, 0.4) is 0 Å². The third kappa shape index (κ3) is 3.87. The Morgan fingerprint density at radius 3 is 1.93 bits per heavy atom. The Bertz CT molecular complexity index is 852. The fourth-order valence-electron chi connectivity index (χ4n) is 4.20. The number of fused-ring (bicyclic) bond motifs is 2. The van der Waals surface area contributed by atoms with Gasteiger partial charge in [-0.15, -0.1) is 0 Å². The molecule has 28 heavy (non-hydrogen) atoms. The summed E-state index contributed by atoms with van der Waals surface area (Å²) in [5, 5.41) is 3.61. The van der Waals surface area contributed by atoms with Gasteiger partial charge in [0.1, 0.15) is 11.5 Å². The Balaban J connectivity index is 1.39. The van der Waals surface area contributed by atoms with E-state index in [1.54, 1.807) is 48.5 Å². The first-order valence-electron chi connectivity index (χ1n) is 9.70. The quantitative estimate of drug-likeness (QED) is 0.837. The molecule has 2 fully saturated rings. The highest BCUT2D eigenvalue weighted by Gasteiger charge is 2.36. The largest absolute Gasteiger partial charge is 0.457 e. The van der Waals surface area contributed by atoms with Crippen molar-refractivity contribution in [3.63, 3.8) is 0 Å². The lowest BCUT2D eigenvalue weighted by molar-refractivity contribution is 0.0681. The number of primary amides is 1. The van der Waals surface area contributed by atoms with Gasteiger partial charge in [-0.25, -0.2) is 0 Å². The second-order valence-electron chi connectivity index (χ2n) is 7.69. The van der Waals surface area contributed by atoms with Crippen molar-refractivity contribution in [1.29, 1.82) is 0 Å². The minimum atomic E-state index is -0.472. The van der Waals surface area contributed by atoms with Crippen molar-refractivity contribution in [2.75, 3.05) is 7.05 Å². The topological polar surface area (TPSA) is 84.7 Å². The van der Waals surface area contributed by atoms with Crippen LogP contribution in [0.4, 0.5) is 0 Å². The van der Waals surface area contributed by atoms with Crippen molar-refractivity contribution in [2.45, 2.75) is 43.8 Å². The summed E-state index contributed by atoms with van der Waals surface area (Å²) in [6.45, 7) is 0. The summed E-state index contributed by atoms with van der Waals surface area (Å²) >= 11 is 0. The summed E-state index contributed by atoms with van der Waals surface area (Å²) in [5.74, 6) is 0.807. The van der Waals surface area contributed by atoms with Gasteiger partial charge in [0.25, 0.3) is 5.91 Å². The summed E-state index contributed by atoms with van der Waals surface area (Å²) in [5.41, 5.74) is 6.33. The number of carbonyl (C=O) groups is 2. The molecule has 3 N–H and O–H groups in total. The Kier molecular flexibility index (Phi) is 5.05. The number of piperidine rings is 1. The van der Waals surface area contributed by atoms with E-state index in [4.69, 9.17) is 10.5 Å². The zero-order valence-electron chi connectivity index (χ0n) is 15.9. The summed E-state index contributed by atoms with van der Waals surface area (Å²) in [7, 11) is 1.91. The van der Waals surface area contributed by atoms with Crippen LogP contribution in [0.15, 0.2) is 48.5 Å². The first-order chi connectivity index (χ1) is 13.5. The van der Waals surface area contributed by atoms with Gasteiger partial charge in [0.2, 0.25) is 5.91 Å². The summed E-state index contributed by atoms with van der Waals surface area (Å²) in [6.07, 6.45) is 4.49. The molecule has 2 aliphatic heterocycles. The molecule has 2 aromatic carbocycles. The lowest BCUT2D eigenvalue weighted by Gasteiger charge is -2.35. The van der Waals surface area contributed by atoms with Crippen LogP contribution in [0.25, 0.3) is 0 Å². The molecule has 2 aliphatic rings. The fourth-order valence-corrected chi connectivity index (χ4v) is 4.20. The average molecular weight is 379 g/mol. The number of nitrogens with zero attached hydrogens (tertiary/aromatic N) is 1. The van der Waals surface area contributed by atoms with Gasteiger partial charge in [-0.2, -0.15) is 0 Å². The number of hydrogen-bond acceptors (Lipinski definition) is 4. The number of hydrogen-bond donors (Lipinski definition) is 2. The van der Waals surface area contributed by atoms with Crippen molar-refractivity contribution >= 4 is 11.8 Å². The fraction of sp³-hybridized carbons (Fsp3) is 0.364. The molecule has 0 radical (unpaired) electrons. The molecule has 4 rings (SSSR count). The van der Waals surface area contributed by atoms with E-state index in [-0.39, 0.29) is 5.91 Å². The number of carbonyl (C=O) groups excluding carboxylic acids is 2. The van der Waals surface area contributed by atoms with E-state index in [1.807, 2.05) is 11.9 Å². The van der Waals surface area contributed by atoms with Crippen LogP contribution in [0.2, 0.25) is 0 Å². The number of amides is 2. The highest BCUT2D eigenvalue weighted by atomic mass is 16.5. The monoisotopic (exact) mass is 379 g/mol. The van der Waals surface area contributed by atoms with Crippen molar-refractivity contribution in [3.05, 3.63) is 59.7 Å². The van der Waals surface area contributed by atoms with Crippen molar-refractivity contribution in [3.8, 4) is 11.5 Å². The molecule has 0 aromatic heterocycles. The molecule has 2 unspecified atom stereocenters. The molecule has 2 amide bonds. The van der Waals surface area contributed by atoms with Crippen LogP contribution in [0.1, 0.15) is 46.4 Å². The third-order valence-corrected chi connectivity index (χ3v) is 5.79. The number of benzene rings is 2. The molecular weight excluding hydrogens is 354 g/mol. The molecule has 0 aliphatic carbocycles. The molecule has 6 heteroatoms. The standard InChI is InChI=1S/C22H25N3O3/c1-25(18-12-16-6-7-17(13-18)24-16)22(27)15-4-10-20(11-5-15)28-19-8-2-14(3-9-19)21(23)26/h2-5,8-11,16-18,24H,6-7,12-13H2,1H3,(H2,23,26). The Labute approximate surface area is 164 Å². The molecule has 2 saturated heterocycles. The van der Waals surface area contributed by atoms with Crippen LogP contribution in [-0.2, 0) is 0 Å². The maximum absolute atomic E-state index is 12.9. The Morgan fingerprint density at radius 2 is 1.43 bits per heavy atom. The SMILES string of the molecule is CN(C(=O)c1ccc(Oc2ccc(C(N)=O)cc2)cc1)C1CC2CCC(C1)N2. The van der Waals surface area contributed by atoms with Crippen molar-refractivity contribution < 1.29 is 14.3 Å². The Morgan fingerprint density at radius 1 is 0.929 bits per heavy atom. The highest BCUT2D eigenvalue weighted by molar-refractivity contribution is 5.94. The normalized spacial score (nSPS) is 23.2. The van der Waals surface area contributed by atoms with Crippen LogP contribution >= 0.6 is 0 Å². The van der Waals surface area contributed by atoms with Crippen LogP contribution in [-0.4, -0.2) is 41.9 Å². The predicted octanol–water partition coefficient (Wildman–Crippen LogP) is 2.93. The van der Waals surface area contributed by atoms with E-state index in [2.05, 4.69) is 5.32 Å². The second kappa shape index (κ2) is 7.64. The zero-order chi connectivity index (χ0) is 19.7. The van der Waals surface area contributed by atoms with Gasteiger partial charge in [-0.1, -0.05) is 0 Å². The van der Waals surface area contributed by atoms with E-state index >= 15 is 0 Å². The van der Waals surface area contributed by atoms with Crippen LogP contribution in [0, 0.1) is 0 Å². The maximum atomic E-state index is 12.9. The number of nitrogens with two attached hydrogens (primary N) is 1. The molecule has 2 atom stereocenters. The lowest BCUT2D eigenvalue weighted by atomic mass is 9.98. The highest BCUT2D eigenvalue weighted by Crippen LogP contribution is 2.30. The predicted molar refractivity (Wildman–Crippen MR) is 107 cm³/mol. The van der Waals surface area contributed by atoms with Gasteiger partial charge in [0.05, 0.1) is 0 Å². The van der Waals surface area contributed by atoms with Crippen LogP contribution < -0.4 is 15.8 Å². The molecule has 0 spiro atoms. The minimum absolute atomic E-state index is 0.0451. The third-order valence-electron chi connectivity index (χ3n) is 5.79. The molecule has 2 aromatic rings. The van der Waals surface area contributed by atoms with Gasteiger partial charge >= 0.3 is 0 Å². The molecule has 6 nitrogen and oxygen atoms in total. The number of rotatable bonds is 5. The van der Waals surface area contributed by atoms with E-state index < -0.39 is 5.91 Å². The van der Waals surface area contributed by atoms with E-state index in [0.717, 1.165) is 12.8 Å². The van der Waals surface area contributed by atoms with E-state index in [0.29, 0.717) is 40.8 Å². The molecule has 2 bridgehead atoms. The molecule has 0 saturated carbocycles. The summed E-state index contributed by atoms with van der Waals surface area (Å²) < 4.78 is 5.78. The van der Waals surface area contributed by atoms with E-state index in [1.165, 1.54) is 12.8 Å². The minimum Gasteiger partial charge on any atom is -0.457 e. The van der Waals surface area contributed by atoms with Crippen molar-refractivity contribution in [2.24, 2.45) is 5.73 Å². The molecule has 2 heterocycles. The number of nitrogens with one attached hydrogen (secondary N) is 1. The van der Waals surface area contributed by atoms with Crippen molar-refractivity contribution in [1.82, 2.24) is 10.2 Å². The van der Waals surface area contributed by atoms with Gasteiger partial charge in [-0.3, -0.25) is 9.59 Å².